The molecule has 0 aliphatic heterocycles. The molecule has 0 spiro atoms. The van der Waals surface area contributed by atoms with Crippen molar-refractivity contribution in [3.8, 4) is 5.75 Å². The summed E-state index contributed by atoms with van der Waals surface area (Å²) in [4.78, 5) is 0. The summed E-state index contributed by atoms with van der Waals surface area (Å²) >= 11 is 0. The van der Waals surface area contributed by atoms with Gasteiger partial charge < -0.3 is 9.84 Å². The van der Waals surface area contributed by atoms with E-state index in [0.717, 1.165) is 12.2 Å². The topological polar surface area (TPSA) is 29.5 Å². The number of hydrogen-bond acceptors (Lipinski definition) is 2. The van der Waals surface area contributed by atoms with Gasteiger partial charge in [-0.05, 0) is 30.9 Å². The fourth-order valence-electron chi connectivity index (χ4n) is 1.45. The minimum Gasteiger partial charge on any atom is -0.491 e. The maximum atomic E-state index is 9.18. The van der Waals surface area contributed by atoms with Gasteiger partial charge in [0.2, 0.25) is 0 Å². The average Bonchev–Trinajstić information content (AvgIpc) is 2.25. The van der Waals surface area contributed by atoms with E-state index < -0.39 is 6.10 Å². The largest absolute Gasteiger partial charge is 0.491 e. The van der Waals surface area contributed by atoms with Crippen molar-refractivity contribution in [2.24, 2.45) is 0 Å². The first-order valence-electron chi connectivity index (χ1n) is 5.55. The lowest BCUT2D eigenvalue weighted by atomic mass is 9.98. The first-order chi connectivity index (χ1) is 7.15. The third kappa shape index (κ3) is 3.56. The van der Waals surface area contributed by atoms with Gasteiger partial charge in [-0.2, -0.15) is 0 Å². The van der Waals surface area contributed by atoms with Crippen molar-refractivity contribution in [3.05, 3.63) is 29.8 Å². The summed E-state index contributed by atoms with van der Waals surface area (Å²) in [6.45, 7) is 6.43. The zero-order valence-electron chi connectivity index (χ0n) is 9.73. The van der Waals surface area contributed by atoms with Crippen LogP contribution in [0.25, 0.3) is 0 Å². The summed E-state index contributed by atoms with van der Waals surface area (Å²) in [5.74, 6) is 1.39. The summed E-state index contributed by atoms with van der Waals surface area (Å²) in [6.07, 6.45) is 0.671. The molecule has 1 aromatic carbocycles. The van der Waals surface area contributed by atoms with Gasteiger partial charge in [0.1, 0.15) is 12.4 Å². The van der Waals surface area contributed by atoms with Gasteiger partial charge in [-0.15, -0.1) is 0 Å². The molecular formula is C13H20O2. The summed E-state index contributed by atoms with van der Waals surface area (Å²) in [5.41, 5.74) is 1.22. The van der Waals surface area contributed by atoms with Crippen LogP contribution >= 0.6 is 0 Å². The van der Waals surface area contributed by atoms with Crippen molar-refractivity contribution in [3.63, 3.8) is 0 Å². The van der Waals surface area contributed by atoms with Crippen LogP contribution in [0.4, 0.5) is 0 Å². The monoisotopic (exact) mass is 208 g/mol. The molecular weight excluding hydrogens is 188 g/mol. The predicted molar refractivity (Wildman–Crippen MR) is 62.3 cm³/mol. The van der Waals surface area contributed by atoms with Gasteiger partial charge in [-0.25, -0.2) is 0 Å². The standard InChI is InChI=1S/C13H20O2/c1-4-10(2)12-7-5-6-8-13(12)15-9-11(3)14/h5-8,10-11,14H,4,9H2,1-3H3. The van der Waals surface area contributed by atoms with Gasteiger partial charge in [0.05, 0.1) is 6.10 Å². The van der Waals surface area contributed by atoms with E-state index in [1.54, 1.807) is 6.92 Å². The Kier molecular flexibility index (Phi) is 4.63. The van der Waals surface area contributed by atoms with Crippen LogP contribution in [0.3, 0.4) is 0 Å². The second kappa shape index (κ2) is 5.76. The van der Waals surface area contributed by atoms with E-state index in [-0.39, 0.29) is 0 Å². The molecule has 0 aromatic heterocycles. The Hall–Kier alpha value is -1.02. The van der Waals surface area contributed by atoms with Crippen LogP contribution in [0.15, 0.2) is 24.3 Å². The Labute approximate surface area is 91.9 Å². The van der Waals surface area contributed by atoms with Crippen LogP contribution in [-0.2, 0) is 0 Å². The van der Waals surface area contributed by atoms with Crippen molar-refractivity contribution in [1.82, 2.24) is 0 Å². The third-order valence-electron chi connectivity index (χ3n) is 2.54. The summed E-state index contributed by atoms with van der Waals surface area (Å²) in [7, 11) is 0. The van der Waals surface area contributed by atoms with Crippen LogP contribution in [0, 0.1) is 0 Å². The highest BCUT2D eigenvalue weighted by atomic mass is 16.5. The van der Waals surface area contributed by atoms with E-state index in [4.69, 9.17) is 4.74 Å². The van der Waals surface area contributed by atoms with E-state index in [0.29, 0.717) is 12.5 Å². The number of hydrogen-bond donors (Lipinski definition) is 1. The van der Waals surface area contributed by atoms with E-state index in [1.807, 2.05) is 18.2 Å². The SMILES string of the molecule is CCC(C)c1ccccc1OCC(C)O. The molecule has 0 fully saturated rings. The third-order valence-corrected chi connectivity index (χ3v) is 2.54. The van der Waals surface area contributed by atoms with Gasteiger partial charge in [0.15, 0.2) is 0 Å². The predicted octanol–water partition coefficient (Wildman–Crippen LogP) is 2.96. The molecule has 0 amide bonds. The lowest BCUT2D eigenvalue weighted by molar-refractivity contribution is 0.122. The van der Waals surface area contributed by atoms with E-state index >= 15 is 0 Å². The molecule has 0 saturated heterocycles. The van der Waals surface area contributed by atoms with Crippen molar-refractivity contribution in [2.75, 3.05) is 6.61 Å². The molecule has 0 saturated carbocycles. The van der Waals surface area contributed by atoms with Crippen LogP contribution in [0.1, 0.15) is 38.7 Å². The Morgan fingerprint density at radius 2 is 1.93 bits per heavy atom. The Bertz CT molecular complexity index is 294. The van der Waals surface area contributed by atoms with Crippen molar-refractivity contribution < 1.29 is 9.84 Å². The first kappa shape index (κ1) is 12.1. The second-order valence-corrected chi connectivity index (χ2v) is 4.01. The molecule has 0 aliphatic rings. The Morgan fingerprint density at radius 3 is 2.53 bits per heavy atom. The highest BCUT2D eigenvalue weighted by molar-refractivity contribution is 5.35. The van der Waals surface area contributed by atoms with E-state index in [1.165, 1.54) is 5.56 Å². The molecule has 0 bridgehead atoms. The molecule has 84 valence electrons. The van der Waals surface area contributed by atoms with E-state index in [2.05, 4.69) is 19.9 Å². The Morgan fingerprint density at radius 1 is 1.27 bits per heavy atom. The maximum absolute atomic E-state index is 9.18. The minimum absolute atomic E-state index is 0.355. The molecule has 0 heterocycles. The van der Waals surface area contributed by atoms with Crippen molar-refractivity contribution >= 4 is 0 Å². The zero-order valence-corrected chi connectivity index (χ0v) is 9.73. The smallest absolute Gasteiger partial charge is 0.122 e. The van der Waals surface area contributed by atoms with Crippen LogP contribution in [0.5, 0.6) is 5.75 Å². The first-order valence-corrected chi connectivity index (χ1v) is 5.55. The van der Waals surface area contributed by atoms with Gasteiger partial charge >= 0.3 is 0 Å². The van der Waals surface area contributed by atoms with Crippen LogP contribution in [-0.4, -0.2) is 17.8 Å². The highest BCUT2D eigenvalue weighted by Crippen LogP contribution is 2.28. The fourth-order valence-corrected chi connectivity index (χ4v) is 1.45. The molecule has 0 radical (unpaired) electrons. The van der Waals surface area contributed by atoms with Crippen LogP contribution < -0.4 is 4.74 Å². The fraction of sp³-hybridized carbons (Fsp3) is 0.538. The molecule has 2 atom stereocenters. The summed E-state index contributed by atoms with van der Waals surface area (Å²) < 4.78 is 5.57. The lowest BCUT2D eigenvalue weighted by Gasteiger charge is -2.16. The average molecular weight is 208 g/mol. The second-order valence-electron chi connectivity index (χ2n) is 4.01. The van der Waals surface area contributed by atoms with Crippen molar-refractivity contribution in [1.29, 1.82) is 0 Å². The number of rotatable bonds is 5. The summed E-state index contributed by atoms with van der Waals surface area (Å²) in [5, 5.41) is 9.18. The minimum atomic E-state index is -0.421. The molecule has 2 unspecified atom stereocenters. The number of para-hydroxylation sites is 1. The van der Waals surface area contributed by atoms with Gasteiger partial charge in [0, 0.05) is 0 Å². The number of aliphatic hydroxyl groups is 1. The van der Waals surface area contributed by atoms with Crippen molar-refractivity contribution in [2.45, 2.75) is 39.2 Å². The molecule has 2 heteroatoms. The molecule has 15 heavy (non-hydrogen) atoms. The number of ether oxygens (including phenoxy) is 1. The molecule has 2 nitrogen and oxygen atoms in total. The quantitative estimate of drug-likeness (QED) is 0.806. The molecule has 1 N–H and O–H groups in total. The van der Waals surface area contributed by atoms with Crippen LogP contribution in [0.2, 0.25) is 0 Å². The number of benzene rings is 1. The molecule has 1 rings (SSSR count). The van der Waals surface area contributed by atoms with Gasteiger partial charge in [0.25, 0.3) is 0 Å². The molecule has 0 aliphatic carbocycles. The Balaban J connectivity index is 2.77. The highest BCUT2D eigenvalue weighted by Gasteiger charge is 2.09. The lowest BCUT2D eigenvalue weighted by Crippen LogP contribution is -2.13. The van der Waals surface area contributed by atoms with E-state index in [9.17, 15) is 5.11 Å². The molecule has 1 aromatic rings. The number of aliphatic hydroxyl groups excluding tert-OH is 1. The zero-order chi connectivity index (χ0) is 11.3. The maximum Gasteiger partial charge on any atom is 0.122 e. The normalized spacial score (nSPS) is 14.7. The van der Waals surface area contributed by atoms with Gasteiger partial charge in [-0.1, -0.05) is 32.0 Å². The van der Waals surface area contributed by atoms with Gasteiger partial charge in [-0.3, -0.25) is 0 Å². The summed E-state index contributed by atoms with van der Waals surface area (Å²) in [6, 6.07) is 8.04.